The number of amides is 3. The van der Waals surface area contributed by atoms with Crippen LogP contribution in [0.4, 0.5) is 9.93 Å². The van der Waals surface area contributed by atoms with Gasteiger partial charge in [0.15, 0.2) is 5.13 Å². The first-order valence-corrected chi connectivity index (χ1v) is 7.12. The van der Waals surface area contributed by atoms with Crippen molar-refractivity contribution in [1.29, 1.82) is 0 Å². The summed E-state index contributed by atoms with van der Waals surface area (Å²) in [6.45, 7) is 1.20. The molecule has 1 saturated heterocycles. The van der Waals surface area contributed by atoms with Gasteiger partial charge in [-0.05, 0) is 12.8 Å². The minimum atomic E-state index is -0.151. The lowest BCUT2D eigenvalue weighted by atomic mass is 9.97. The lowest BCUT2D eigenvalue weighted by Gasteiger charge is -2.33. The monoisotopic (exact) mass is 282 g/mol. The van der Waals surface area contributed by atoms with Gasteiger partial charge in [0.25, 0.3) is 0 Å². The molecule has 1 aliphatic rings. The summed E-state index contributed by atoms with van der Waals surface area (Å²) in [5, 5.41) is 5.23. The van der Waals surface area contributed by atoms with Crippen LogP contribution in [0.15, 0.2) is 11.6 Å². The zero-order valence-electron chi connectivity index (χ0n) is 11.1. The number of anilines is 1. The van der Waals surface area contributed by atoms with E-state index in [1.807, 2.05) is 5.38 Å². The SMILES string of the molecule is CN(C)C(=O)N1CCCC(C(=O)Nc2nccs2)C1. The zero-order chi connectivity index (χ0) is 13.8. The van der Waals surface area contributed by atoms with Crippen molar-refractivity contribution in [2.24, 2.45) is 5.92 Å². The predicted octanol–water partition coefficient (Wildman–Crippen LogP) is 1.48. The normalized spacial score (nSPS) is 19.1. The van der Waals surface area contributed by atoms with Crippen LogP contribution in [0.2, 0.25) is 0 Å². The summed E-state index contributed by atoms with van der Waals surface area (Å²) in [6.07, 6.45) is 3.33. The van der Waals surface area contributed by atoms with Crippen molar-refractivity contribution in [3.63, 3.8) is 0 Å². The summed E-state index contributed by atoms with van der Waals surface area (Å²) in [6, 6.07) is -0.0354. The Morgan fingerprint density at radius 1 is 1.53 bits per heavy atom. The Morgan fingerprint density at radius 2 is 2.32 bits per heavy atom. The van der Waals surface area contributed by atoms with Gasteiger partial charge in [0.1, 0.15) is 0 Å². The van der Waals surface area contributed by atoms with Crippen molar-refractivity contribution in [2.45, 2.75) is 12.8 Å². The van der Waals surface area contributed by atoms with E-state index in [1.54, 1.807) is 30.1 Å². The van der Waals surface area contributed by atoms with Crippen LogP contribution in [0.3, 0.4) is 0 Å². The fourth-order valence-electron chi connectivity index (χ4n) is 2.14. The average Bonchev–Trinajstić information content (AvgIpc) is 2.90. The van der Waals surface area contributed by atoms with Crippen molar-refractivity contribution < 1.29 is 9.59 Å². The molecule has 1 atom stereocenters. The molecule has 1 unspecified atom stereocenters. The second-order valence-corrected chi connectivity index (χ2v) is 5.68. The Kier molecular flexibility index (Phi) is 4.36. The maximum Gasteiger partial charge on any atom is 0.319 e. The fraction of sp³-hybridized carbons (Fsp3) is 0.583. The second-order valence-electron chi connectivity index (χ2n) is 4.79. The summed E-state index contributed by atoms with van der Waals surface area (Å²) in [5.74, 6) is -0.201. The van der Waals surface area contributed by atoms with Gasteiger partial charge in [-0.25, -0.2) is 9.78 Å². The molecule has 0 radical (unpaired) electrons. The van der Waals surface area contributed by atoms with Gasteiger partial charge in [0, 0.05) is 38.8 Å². The molecule has 1 aromatic rings. The van der Waals surface area contributed by atoms with Crippen LogP contribution >= 0.6 is 11.3 Å². The van der Waals surface area contributed by atoms with E-state index in [1.165, 1.54) is 11.3 Å². The standard InChI is InChI=1S/C12H18N4O2S/c1-15(2)12(18)16-6-3-4-9(8-16)10(17)14-11-13-5-7-19-11/h5,7,9H,3-4,6,8H2,1-2H3,(H,13,14,17). The number of carbonyl (C=O) groups excluding carboxylic acids is 2. The molecule has 0 saturated carbocycles. The Bertz CT molecular complexity index is 447. The molecule has 0 aliphatic carbocycles. The van der Waals surface area contributed by atoms with E-state index in [-0.39, 0.29) is 17.9 Å². The number of hydrogen-bond acceptors (Lipinski definition) is 4. The van der Waals surface area contributed by atoms with Crippen LogP contribution in [-0.4, -0.2) is 53.9 Å². The minimum absolute atomic E-state index is 0.0354. The molecule has 0 spiro atoms. The highest BCUT2D eigenvalue weighted by Crippen LogP contribution is 2.20. The van der Waals surface area contributed by atoms with Crippen LogP contribution in [0.5, 0.6) is 0 Å². The molecule has 6 nitrogen and oxygen atoms in total. The van der Waals surface area contributed by atoms with Crippen molar-refractivity contribution in [3.05, 3.63) is 11.6 Å². The van der Waals surface area contributed by atoms with Crippen molar-refractivity contribution in [1.82, 2.24) is 14.8 Å². The highest BCUT2D eigenvalue weighted by molar-refractivity contribution is 7.13. The quantitative estimate of drug-likeness (QED) is 0.893. The summed E-state index contributed by atoms with van der Waals surface area (Å²) < 4.78 is 0. The Labute approximate surface area is 116 Å². The van der Waals surface area contributed by atoms with Crippen LogP contribution in [0.1, 0.15) is 12.8 Å². The number of aromatic nitrogens is 1. The molecule has 2 heterocycles. The lowest BCUT2D eigenvalue weighted by molar-refractivity contribution is -0.121. The number of nitrogens with zero attached hydrogens (tertiary/aromatic N) is 3. The van der Waals surface area contributed by atoms with Crippen LogP contribution in [0.25, 0.3) is 0 Å². The average molecular weight is 282 g/mol. The largest absolute Gasteiger partial charge is 0.331 e. The second kappa shape index (κ2) is 6.01. The number of urea groups is 1. The maximum atomic E-state index is 12.1. The van der Waals surface area contributed by atoms with Crippen LogP contribution in [-0.2, 0) is 4.79 Å². The molecule has 3 amide bonds. The van der Waals surface area contributed by atoms with Gasteiger partial charge in [0.2, 0.25) is 5.91 Å². The summed E-state index contributed by atoms with van der Waals surface area (Å²) in [5.41, 5.74) is 0. The predicted molar refractivity (Wildman–Crippen MR) is 74.1 cm³/mol. The number of piperidine rings is 1. The molecule has 0 bridgehead atoms. The maximum absolute atomic E-state index is 12.1. The van der Waals surface area contributed by atoms with Crippen molar-refractivity contribution in [3.8, 4) is 0 Å². The first kappa shape index (κ1) is 13.8. The Morgan fingerprint density at radius 3 is 2.95 bits per heavy atom. The molecule has 7 heteroatoms. The molecule has 104 valence electrons. The van der Waals surface area contributed by atoms with E-state index in [0.29, 0.717) is 11.7 Å². The summed E-state index contributed by atoms with van der Waals surface area (Å²) >= 11 is 1.40. The number of hydrogen-bond donors (Lipinski definition) is 1. The number of nitrogens with one attached hydrogen (secondary N) is 1. The van der Waals surface area contributed by atoms with Crippen LogP contribution < -0.4 is 5.32 Å². The third-order valence-electron chi connectivity index (χ3n) is 3.11. The van der Waals surface area contributed by atoms with Gasteiger partial charge < -0.3 is 15.1 Å². The van der Waals surface area contributed by atoms with Gasteiger partial charge in [0.05, 0.1) is 5.92 Å². The molecule has 19 heavy (non-hydrogen) atoms. The van der Waals surface area contributed by atoms with E-state index in [2.05, 4.69) is 10.3 Å². The highest BCUT2D eigenvalue weighted by Gasteiger charge is 2.29. The first-order valence-electron chi connectivity index (χ1n) is 6.24. The lowest BCUT2D eigenvalue weighted by Crippen LogP contribution is -2.47. The molecule has 1 aromatic heterocycles. The fourth-order valence-corrected chi connectivity index (χ4v) is 2.67. The Balaban J connectivity index is 1.93. The van der Waals surface area contributed by atoms with Gasteiger partial charge in [-0.2, -0.15) is 0 Å². The van der Waals surface area contributed by atoms with E-state index in [9.17, 15) is 9.59 Å². The number of rotatable bonds is 2. The van der Waals surface area contributed by atoms with Gasteiger partial charge in [-0.3, -0.25) is 4.79 Å². The molecule has 1 N–H and O–H groups in total. The van der Waals surface area contributed by atoms with E-state index >= 15 is 0 Å². The van der Waals surface area contributed by atoms with Gasteiger partial charge >= 0.3 is 6.03 Å². The molecule has 2 rings (SSSR count). The number of carbonyl (C=O) groups is 2. The van der Waals surface area contributed by atoms with E-state index in [4.69, 9.17) is 0 Å². The zero-order valence-corrected chi connectivity index (χ0v) is 11.9. The topological polar surface area (TPSA) is 65.5 Å². The molecule has 0 aromatic carbocycles. The van der Waals surface area contributed by atoms with Crippen molar-refractivity contribution in [2.75, 3.05) is 32.5 Å². The third-order valence-corrected chi connectivity index (χ3v) is 3.80. The number of thiazole rings is 1. The molecular weight excluding hydrogens is 264 g/mol. The molecule has 1 fully saturated rings. The smallest absolute Gasteiger partial charge is 0.319 e. The van der Waals surface area contributed by atoms with E-state index < -0.39 is 0 Å². The molecule has 1 aliphatic heterocycles. The summed E-state index contributed by atoms with van der Waals surface area (Å²) in [4.78, 5) is 31.3. The first-order chi connectivity index (χ1) is 9.08. The van der Waals surface area contributed by atoms with E-state index in [0.717, 1.165) is 19.4 Å². The van der Waals surface area contributed by atoms with Gasteiger partial charge in [-0.1, -0.05) is 0 Å². The van der Waals surface area contributed by atoms with Gasteiger partial charge in [-0.15, -0.1) is 11.3 Å². The third kappa shape index (κ3) is 3.44. The highest BCUT2D eigenvalue weighted by atomic mass is 32.1. The Hall–Kier alpha value is -1.63. The number of likely N-dealkylation sites (tertiary alicyclic amines) is 1. The van der Waals surface area contributed by atoms with Crippen molar-refractivity contribution >= 4 is 28.4 Å². The minimum Gasteiger partial charge on any atom is -0.331 e. The molecular formula is C12H18N4O2S. The van der Waals surface area contributed by atoms with Crippen LogP contribution in [0, 0.1) is 5.92 Å². The summed E-state index contributed by atoms with van der Waals surface area (Å²) in [7, 11) is 3.45.